The number of amides is 2. The van der Waals surface area contributed by atoms with Crippen LogP contribution in [0.15, 0.2) is 24.3 Å². The lowest BCUT2D eigenvalue weighted by molar-refractivity contribution is -0.125. The van der Waals surface area contributed by atoms with Crippen LogP contribution >= 0.6 is 0 Å². The number of ether oxygens (including phenoxy) is 1. The third-order valence-electron chi connectivity index (χ3n) is 4.21. The average molecular weight is 319 g/mol. The van der Waals surface area contributed by atoms with E-state index in [1.54, 1.807) is 14.2 Å². The molecular formula is C17H25N3O3. The Kier molecular flexibility index (Phi) is 5.98. The van der Waals surface area contributed by atoms with Crippen LogP contribution in [0.25, 0.3) is 0 Å². The average Bonchev–Trinajstić information content (AvgIpc) is 2.92. The van der Waals surface area contributed by atoms with Gasteiger partial charge < -0.3 is 20.3 Å². The quantitative estimate of drug-likeness (QED) is 0.797. The molecule has 0 spiro atoms. The number of nitrogens with one attached hydrogen (secondary N) is 2. The zero-order valence-electron chi connectivity index (χ0n) is 14.0. The van der Waals surface area contributed by atoms with E-state index in [2.05, 4.69) is 15.5 Å². The predicted octanol–water partition coefficient (Wildman–Crippen LogP) is 0.420. The molecule has 126 valence electrons. The van der Waals surface area contributed by atoms with Gasteiger partial charge in [-0.1, -0.05) is 12.1 Å². The van der Waals surface area contributed by atoms with Gasteiger partial charge in [0.2, 0.25) is 11.8 Å². The number of likely N-dealkylation sites (tertiary alicyclic amines) is 1. The lowest BCUT2D eigenvalue weighted by atomic mass is 10.0. The fourth-order valence-electron chi connectivity index (χ4n) is 2.96. The third-order valence-corrected chi connectivity index (χ3v) is 4.21. The lowest BCUT2D eigenvalue weighted by Crippen LogP contribution is -2.45. The molecule has 6 nitrogen and oxygen atoms in total. The number of carbonyl (C=O) groups excluding carboxylic acids is 2. The molecule has 0 aliphatic carbocycles. The van der Waals surface area contributed by atoms with Gasteiger partial charge in [0.15, 0.2) is 0 Å². The summed E-state index contributed by atoms with van der Waals surface area (Å²) in [6.07, 6.45) is 1.05. The van der Waals surface area contributed by atoms with Gasteiger partial charge in [-0.3, -0.25) is 9.59 Å². The molecule has 1 fully saturated rings. The van der Waals surface area contributed by atoms with E-state index in [1.807, 2.05) is 31.3 Å². The Hall–Kier alpha value is -2.08. The largest absolute Gasteiger partial charge is 0.497 e. The monoisotopic (exact) mass is 319 g/mol. The Morgan fingerprint density at radius 3 is 2.83 bits per heavy atom. The molecule has 2 amide bonds. The van der Waals surface area contributed by atoms with E-state index in [0.29, 0.717) is 25.9 Å². The fourth-order valence-corrected chi connectivity index (χ4v) is 2.96. The molecule has 1 saturated heterocycles. The van der Waals surface area contributed by atoms with E-state index in [-0.39, 0.29) is 23.8 Å². The maximum absolute atomic E-state index is 12.2. The predicted molar refractivity (Wildman–Crippen MR) is 88.3 cm³/mol. The van der Waals surface area contributed by atoms with Gasteiger partial charge in [0.05, 0.1) is 19.1 Å². The lowest BCUT2D eigenvalue weighted by Gasteiger charge is -2.18. The van der Waals surface area contributed by atoms with Crippen molar-refractivity contribution in [3.8, 4) is 5.75 Å². The van der Waals surface area contributed by atoms with Crippen molar-refractivity contribution in [2.24, 2.45) is 5.92 Å². The first-order valence-corrected chi connectivity index (χ1v) is 7.86. The highest BCUT2D eigenvalue weighted by Gasteiger charge is 2.36. The number of hydrogen-bond acceptors (Lipinski definition) is 4. The minimum Gasteiger partial charge on any atom is -0.497 e. The van der Waals surface area contributed by atoms with Crippen molar-refractivity contribution in [2.75, 3.05) is 34.3 Å². The van der Waals surface area contributed by atoms with Crippen molar-refractivity contribution in [3.05, 3.63) is 29.8 Å². The van der Waals surface area contributed by atoms with Crippen LogP contribution in [-0.4, -0.2) is 57.1 Å². The van der Waals surface area contributed by atoms with E-state index in [1.165, 1.54) is 0 Å². The summed E-state index contributed by atoms with van der Waals surface area (Å²) < 4.78 is 5.18. The van der Waals surface area contributed by atoms with Gasteiger partial charge in [-0.15, -0.1) is 0 Å². The first-order chi connectivity index (χ1) is 11.0. The molecule has 0 aromatic heterocycles. The SMILES string of the molecule is CNC(=O)[C@H]1CN(C)C[C@@H]1NC(=O)CCc1cccc(OC)c1. The van der Waals surface area contributed by atoms with E-state index in [4.69, 9.17) is 4.74 Å². The Balaban J connectivity index is 1.87. The number of hydrogen-bond donors (Lipinski definition) is 2. The molecule has 6 heteroatoms. The normalized spacial score (nSPS) is 21.0. The summed E-state index contributed by atoms with van der Waals surface area (Å²) in [5.74, 6) is 0.556. The van der Waals surface area contributed by atoms with Crippen LogP contribution in [0.1, 0.15) is 12.0 Å². The van der Waals surface area contributed by atoms with Crippen molar-refractivity contribution in [3.63, 3.8) is 0 Å². The van der Waals surface area contributed by atoms with Gasteiger partial charge in [-0.05, 0) is 31.2 Å². The second-order valence-electron chi connectivity index (χ2n) is 5.97. The molecule has 23 heavy (non-hydrogen) atoms. The summed E-state index contributed by atoms with van der Waals surface area (Å²) >= 11 is 0. The second-order valence-corrected chi connectivity index (χ2v) is 5.97. The van der Waals surface area contributed by atoms with Crippen LogP contribution in [0.2, 0.25) is 0 Å². The molecule has 1 aromatic rings. The third kappa shape index (κ3) is 4.69. The number of likely N-dealkylation sites (N-methyl/N-ethyl adjacent to an activating group) is 1. The maximum atomic E-state index is 12.2. The smallest absolute Gasteiger partial charge is 0.226 e. The Labute approximate surface area is 137 Å². The molecule has 1 aliphatic rings. The fraction of sp³-hybridized carbons (Fsp3) is 0.529. The van der Waals surface area contributed by atoms with E-state index in [9.17, 15) is 9.59 Å². The van der Waals surface area contributed by atoms with Crippen molar-refractivity contribution < 1.29 is 14.3 Å². The zero-order chi connectivity index (χ0) is 16.8. The topological polar surface area (TPSA) is 70.7 Å². The summed E-state index contributed by atoms with van der Waals surface area (Å²) in [6, 6.07) is 7.58. The van der Waals surface area contributed by atoms with Crippen LogP contribution in [-0.2, 0) is 16.0 Å². The Morgan fingerprint density at radius 1 is 1.35 bits per heavy atom. The second kappa shape index (κ2) is 7.97. The summed E-state index contributed by atoms with van der Waals surface area (Å²) in [7, 11) is 5.21. The van der Waals surface area contributed by atoms with E-state index < -0.39 is 0 Å². The minimum atomic E-state index is -0.189. The molecule has 1 aromatic carbocycles. The molecule has 0 saturated carbocycles. The first-order valence-electron chi connectivity index (χ1n) is 7.86. The summed E-state index contributed by atoms with van der Waals surface area (Å²) in [6.45, 7) is 1.36. The highest BCUT2D eigenvalue weighted by atomic mass is 16.5. The molecular weight excluding hydrogens is 294 g/mol. The van der Waals surface area contributed by atoms with Gasteiger partial charge in [-0.2, -0.15) is 0 Å². The van der Waals surface area contributed by atoms with Crippen molar-refractivity contribution in [1.82, 2.24) is 15.5 Å². The van der Waals surface area contributed by atoms with Gasteiger partial charge in [0.1, 0.15) is 5.75 Å². The molecule has 1 aliphatic heterocycles. The molecule has 0 radical (unpaired) electrons. The minimum absolute atomic E-state index is 0.0209. The summed E-state index contributed by atoms with van der Waals surface area (Å²) in [4.78, 5) is 26.2. The standard InChI is InChI=1S/C17H25N3O3/c1-18-17(22)14-10-20(2)11-15(14)19-16(21)8-7-12-5-4-6-13(9-12)23-3/h4-6,9,14-15H,7-8,10-11H2,1-3H3,(H,18,22)(H,19,21)/t14-,15-/m0/s1. The van der Waals surface area contributed by atoms with Gasteiger partial charge in [0.25, 0.3) is 0 Å². The molecule has 2 atom stereocenters. The number of carbonyl (C=O) groups is 2. The van der Waals surface area contributed by atoms with Crippen molar-refractivity contribution >= 4 is 11.8 Å². The highest BCUT2D eigenvalue weighted by molar-refractivity contribution is 5.82. The van der Waals surface area contributed by atoms with E-state index in [0.717, 1.165) is 11.3 Å². The number of benzene rings is 1. The van der Waals surface area contributed by atoms with Crippen molar-refractivity contribution in [2.45, 2.75) is 18.9 Å². The number of methoxy groups -OCH3 is 1. The number of nitrogens with zero attached hydrogens (tertiary/aromatic N) is 1. The highest BCUT2D eigenvalue weighted by Crippen LogP contribution is 2.17. The number of rotatable bonds is 6. The molecule has 2 rings (SSSR count). The summed E-state index contributed by atoms with van der Waals surface area (Å²) in [5, 5.41) is 5.67. The Bertz CT molecular complexity index is 562. The van der Waals surface area contributed by atoms with Crippen LogP contribution in [0, 0.1) is 5.92 Å². The molecule has 0 unspecified atom stereocenters. The zero-order valence-corrected chi connectivity index (χ0v) is 14.0. The van der Waals surface area contributed by atoms with Crippen LogP contribution in [0.3, 0.4) is 0 Å². The first kappa shape index (κ1) is 17.3. The molecule has 0 bridgehead atoms. The van der Waals surface area contributed by atoms with Crippen LogP contribution in [0.5, 0.6) is 5.75 Å². The molecule has 2 N–H and O–H groups in total. The maximum Gasteiger partial charge on any atom is 0.226 e. The van der Waals surface area contributed by atoms with Crippen molar-refractivity contribution in [1.29, 1.82) is 0 Å². The summed E-state index contributed by atoms with van der Waals surface area (Å²) in [5.41, 5.74) is 1.06. The van der Waals surface area contributed by atoms with Crippen LogP contribution in [0.4, 0.5) is 0 Å². The van der Waals surface area contributed by atoms with Gasteiger partial charge >= 0.3 is 0 Å². The van der Waals surface area contributed by atoms with Crippen LogP contribution < -0.4 is 15.4 Å². The molecule has 1 heterocycles. The Morgan fingerprint density at radius 2 is 2.13 bits per heavy atom. The van der Waals surface area contributed by atoms with Gasteiger partial charge in [0, 0.05) is 26.6 Å². The van der Waals surface area contributed by atoms with E-state index >= 15 is 0 Å². The number of aryl methyl sites for hydroxylation is 1. The van der Waals surface area contributed by atoms with Gasteiger partial charge in [-0.25, -0.2) is 0 Å².